The van der Waals surface area contributed by atoms with Crippen molar-refractivity contribution >= 4 is 33.4 Å². The number of hydrogen-bond acceptors (Lipinski definition) is 3. The van der Waals surface area contributed by atoms with E-state index in [0.717, 1.165) is 10.0 Å². The summed E-state index contributed by atoms with van der Waals surface area (Å²) in [6, 6.07) is 7.20. The first-order chi connectivity index (χ1) is 8.65. The number of benzene rings is 1. The van der Waals surface area contributed by atoms with Crippen molar-refractivity contribution in [1.82, 2.24) is 10.5 Å². The summed E-state index contributed by atoms with van der Waals surface area (Å²) in [5.74, 6) is -0.122. The summed E-state index contributed by atoms with van der Waals surface area (Å²) in [4.78, 5) is 11.6. The molecular formula is C12H10BrClN2O2. The molecule has 4 nitrogen and oxygen atoms in total. The average Bonchev–Trinajstić information content (AvgIpc) is 2.80. The van der Waals surface area contributed by atoms with Gasteiger partial charge >= 0.3 is 0 Å². The number of nitrogens with one attached hydrogen (secondary N) is 1. The minimum Gasteiger partial charge on any atom is -0.364 e. The normalized spacial score (nSPS) is 10.3. The molecule has 2 rings (SSSR count). The Morgan fingerprint density at radius 3 is 2.94 bits per heavy atom. The summed E-state index contributed by atoms with van der Waals surface area (Å²) in [7, 11) is 0. The Labute approximate surface area is 117 Å². The lowest BCUT2D eigenvalue weighted by Gasteiger charge is -2.06. The highest BCUT2D eigenvalue weighted by Gasteiger charge is 2.07. The first-order valence-corrected chi connectivity index (χ1v) is 6.42. The van der Waals surface area contributed by atoms with E-state index in [2.05, 4.69) is 30.9 Å². The number of amides is 1. The van der Waals surface area contributed by atoms with Crippen LogP contribution in [0.3, 0.4) is 0 Å². The van der Waals surface area contributed by atoms with E-state index in [1.807, 2.05) is 12.1 Å². The second-order valence-electron chi connectivity index (χ2n) is 3.68. The number of rotatable bonds is 4. The van der Waals surface area contributed by atoms with E-state index in [4.69, 9.17) is 11.6 Å². The third-order valence-corrected chi connectivity index (χ3v) is 3.17. The third-order valence-electron chi connectivity index (χ3n) is 2.32. The lowest BCUT2D eigenvalue weighted by molar-refractivity contribution is -0.120. The summed E-state index contributed by atoms with van der Waals surface area (Å²) < 4.78 is 5.56. The van der Waals surface area contributed by atoms with Crippen molar-refractivity contribution < 1.29 is 9.32 Å². The van der Waals surface area contributed by atoms with Gasteiger partial charge in [-0.2, -0.15) is 0 Å². The first-order valence-electron chi connectivity index (χ1n) is 5.25. The molecule has 2 aromatic rings. The average molecular weight is 330 g/mol. The molecule has 1 N–H and O–H groups in total. The highest BCUT2D eigenvalue weighted by molar-refractivity contribution is 9.10. The van der Waals surface area contributed by atoms with E-state index >= 15 is 0 Å². The molecule has 1 aromatic carbocycles. The fourth-order valence-electron chi connectivity index (χ4n) is 1.41. The fourth-order valence-corrected chi connectivity index (χ4v) is 2.15. The van der Waals surface area contributed by atoms with E-state index in [9.17, 15) is 4.79 Å². The molecule has 0 bridgehead atoms. The number of halogens is 2. The summed E-state index contributed by atoms with van der Waals surface area (Å²) in [6.45, 7) is 0.392. The molecule has 0 spiro atoms. The van der Waals surface area contributed by atoms with Crippen LogP contribution in [0.5, 0.6) is 0 Å². The Bertz CT molecular complexity index is 543. The van der Waals surface area contributed by atoms with E-state index in [1.165, 1.54) is 6.26 Å². The number of hydrogen-bond donors (Lipinski definition) is 1. The highest BCUT2D eigenvalue weighted by Crippen LogP contribution is 2.21. The summed E-state index contributed by atoms with van der Waals surface area (Å²) in [5.41, 5.74) is 1.47. The van der Waals surface area contributed by atoms with Gasteiger partial charge in [-0.25, -0.2) is 0 Å². The Kier molecular flexibility index (Phi) is 4.38. The molecule has 0 fully saturated rings. The molecule has 0 aliphatic carbocycles. The molecule has 0 saturated carbocycles. The minimum absolute atomic E-state index is 0.122. The number of carbonyl (C=O) groups excluding carboxylic acids is 1. The van der Waals surface area contributed by atoms with Gasteiger partial charge in [0.15, 0.2) is 0 Å². The minimum atomic E-state index is -0.122. The van der Waals surface area contributed by atoms with Gasteiger partial charge in [-0.05, 0) is 17.7 Å². The second kappa shape index (κ2) is 6.02. The predicted molar refractivity (Wildman–Crippen MR) is 71.2 cm³/mol. The van der Waals surface area contributed by atoms with Crippen LogP contribution in [-0.2, 0) is 17.8 Å². The van der Waals surface area contributed by atoms with Crippen molar-refractivity contribution in [2.24, 2.45) is 0 Å². The molecule has 0 aliphatic rings. The largest absolute Gasteiger partial charge is 0.364 e. The van der Waals surface area contributed by atoms with E-state index in [-0.39, 0.29) is 12.3 Å². The van der Waals surface area contributed by atoms with Crippen LogP contribution >= 0.6 is 27.5 Å². The lowest BCUT2D eigenvalue weighted by Crippen LogP contribution is -2.24. The molecule has 0 atom stereocenters. The van der Waals surface area contributed by atoms with Gasteiger partial charge in [0.1, 0.15) is 6.26 Å². The Hall–Kier alpha value is -1.33. The van der Waals surface area contributed by atoms with E-state index in [1.54, 1.807) is 12.1 Å². The maximum atomic E-state index is 11.6. The van der Waals surface area contributed by atoms with Gasteiger partial charge < -0.3 is 9.84 Å². The van der Waals surface area contributed by atoms with Gasteiger partial charge in [-0.1, -0.05) is 38.8 Å². The number of nitrogens with zero attached hydrogens (tertiary/aromatic N) is 1. The highest BCUT2D eigenvalue weighted by atomic mass is 79.9. The van der Waals surface area contributed by atoms with Crippen LogP contribution in [0.1, 0.15) is 11.3 Å². The van der Waals surface area contributed by atoms with Crippen molar-refractivity contribution in [1.29, 1.82) is 0 Å². The van der Waals surface area contributed by atoms with Crippen LogP contribution in [0, 0.1) is 0 Å². The van der Waals surface area contributed by atoms with Crippen molar-refractivity contribution in [3.8, 4) is 0 Å². The first kappa shape index (κ1) is 13.1. The van der Waals surface area contributed by atoms with Crippen molar-refractivity contribution in [2.45, 2.75) is 13.0 Å². The molecule has 1 aromatic heterocycles. The predicted octanol–water partition coefficient (Wildman–Crippen LogP) is 2.95. The molecule has 0 radical (unpaired) electrons. The van der Waals surface area contributed by atoms with Crippen molar-refractivity contribution in [3.05, 3.63) is 51.3 Å². The number of aromatic nitrogens is 1. The summed E-state index contributed by atoms with van der Waals surface area (Å²) >= 11 is 9.37. The van der Waals surface area contributed by atoms with Gasteiger partial charge in [-0.3, -0.25) is 4.79 Å². The topological polar surface area (TPSA) is 55.1 Å². The van der Waals surface area contributed by atoms with Crippen LogP contribution in [0.25, 0.3) is 0 Å². The summed E-state index contributed by atoms with van der Waals surface area (Å²) in [5, 5.41) is 7.07. The smallest absolute Gasteiger partial charge is 0.226 e. The molecule has 0 saturated heterocycles. The van der Waals surface area contributed by atoms with Crippen LogP contribution in [0.2, 0.25) is 5.02 Å². The van der Waals surface area contributed by atoms with Crippen molar-refractivity contribution in [3.63, 3.8) is 0 Å². The van der Waals surface area contributed by atoms with E-state index < -0.39 is 0 Å². The van der Waals surface area contributed by atoms with Gasteiger partial charge in [0.25, 0.3) is 0 Å². The molecule has 18 heavy (non-hydrogen) atoms. The van der Waals surface area contributed by atoms with Crippen LogP contribution in [0.15, 0.2) is 39.5 Å². The maximum Gasteiger partial charge on any atom is 0.226 e. The van der Waals surface area contributed by atoms with Gasteiger partial charge in [0.2, 0.25) is 5.91 Å². The SMILES string of the molecule is O=C(Cc1ccon1)NCc1ccc(Br)cc1Cl. The molecule has 0 unspecified atom stereocenters. The maximum absolute atomic E-state index is 11.6. The molecule has 94 valence electrons. The van der Waals surface area contributed by atoms with Crippen LogP contribution in [-0.4, -0.2) is 11.1 Å². The van der Waals surface area contributed by atoms with E-state index in [0.29, 0.717) is 17.3 Å². The molecule has 1 heterocycles. The Balaban J connectivity index is 1.89. The zero-order chi connectivity index (χ0) is 13.0. The third kappa shape index (κ3) is 3.58. The molecule has 6 heteroatoms. The number of carbonyl (C=O) groups is 1. The van der Waals surface area contributed by atoms with Crippen LogP contribution in [0.4, 0.5) is 0 Å². The Morgan fingerprint density at radius 1 is 1.44 bits per heavy atom. The Morgan fingerprint density at radius 2 is 2.28 bits per heavy atom. The second-order valence-corrected chi connectivity index (χ2v) is 5.00. The summed E-state index contributed by atoms with van der Waals surface area (Å²) in [6.07, 6.45) is 1.64. The van der Waals surface area contributed by atoms with Crippen molar-refractivity contribution in [2.75, 3.05) is 0 Å². The zero-order valence-electron chi connectivity index (χ0n) is 9.32. The van der Waals surface area contributed by atoms with Gasteiger partial charge in [0.05, 0.1) is 12.1 Å². The molecular weight excluding hydrogens is 320 g/mol. The van der Waals surface area contributed by atoms with Gasteiger partial charge in [0, 0.05) is 22.1 Å². The van der Waals surface area contributed by atoms with Gasteiger partial charge in [-0.15, -0.1) is 0 Å². The fraction of sp³-hybridized carbons (Fsp3) is 0.167. The van der Waals surface area contributed by atoms with Crippen LogP contribution < -0.4 is 5.32 Å². The molecule has 1 amide bonds. The zero-order valence-corrected chi connectivity index (χ0v) is 11.7. The molecule has 0 aliphatic heterocycles. The monoisotopic (exact) mass is 328 g/mol. The quantitative estimate of drug-likeness (QED) is 0.938. The standard InChI is InChI=1S/C12H10BrClN2O2/c13-9-2-1-8(11(14)5-9)7-15-12(17)6-10-3-4-18-16-10/h1-5H,6-7H2,(H,15,17). The lowest BCUT2D eigenvalue weighted by atomic mass is 10.2.